The van der Waals surface area contributed by atoms with Crippen LogP contribution in [0.5, 0.6) is 11.5 Å². The van der Waals surface area contributed by atoms with Crippen molar-refractivity contribution in [3.63, 3.8) is 0 Å². The van der Waals surface area contributed by atoms with Crippen LogP contribution in [0.15, 0.2) is 84.4 Å². The maximum Gasteiger partial charge on any atom is 0.354 e. The molecule has 0 amide bonds. The SMILES string of the molecule is CCCCOc1ccc(/C=C(\C#N)C(=O)Oc2ccc(C(=O)OCc3ccccc3)cc2)cc1. The molecule has 3 aromatic rings. The summed E-state index contributed by atoms with van der Waals surface area (Å²) < 4.78 is 16.2. The average molecular weight is 456 g/mol. The van der Waals surface area contributed by atoms with E-state index in [4.69, 9.17) is 14.2 Å². The highest BCUT2D eigenvalue weighted by Crippen LogP contribution is 2.18. The predicted octanol–water partition coefficient (Wildman–Crippen LogP) is 5.74. The van der Waals surface area contributed by atoms with Crippen LogP contribution >= 0.6 is 0 Å². The van der Waals surface area contributed by atoms with Gasteiger partial charge in [0.2, 0.25) is 0 Å². The average Bonchev–Trinajstić information content (AvgIpc) is 2.88. The summed E-state index contributed by atoms with van der Waals surface area (Å²) in [5, 5.41) is 9.40. The molecule has 0 radical (unpaired) electrons. The summed E-state index contributed by atoms with van der Waals surface area (Å²) in [4.78, 5) is 24.7. The highest BCUT2D eigenvalue weighted by atomic mass is 16.5. The van der Waals surface area contributed by atoms with Gasteiger partial charge in [-0.1, -0.05) is 55.8 Å². The van der Waals surface area contributed by atoms with Gasteiger partial charge < -0.3 is 14.2 Å². The summed E-state index contributed by atoms with van der Waals surface area (Å²) >= 11 is 0. The quantitative estimate of drug-likeness (QED) is 0.127. The van der Waals surface area contributed by atoms with E-state index in [1.807, 2.05) is 36.4 Å². The molecule has 6 heteroatoms. The molecule has 3 rings (SSSR count). The number of benzene rings is 3. The molecule has 34 heavy (non-hydrogen) atoms. The van der Waals surface area contributed by atoms with E-state index in [2.05, 4.69) is 6.92 Å². The number of carbonyl (C=O) groups is 2. The van der Waals surface area contributed by atoms with E-state index in [1.165, 1.54) is 30.3 Å². The first kappa shape index (κ1) is 24.3. The number of nitriles is 1. The van der Waals surface area contributed by atoms with Crippen molar-refractivity contribution in [2.45, 2.75) is 26.4 Å². The third-order valence-electron chi connectivity index (χ3n) is 4.81. The van der Waals surface area contributed by atoms with E-state index < -0.39 is 11.9 Å². The van der Waals surface area contributed by atoms with Gasteiger partial charge in [-0.2, -0.15) is 5.26 Å². The van der Waals surface area contributed by atoms with Crippen LogP contribution in [0.3, 0.4) is 0 Å². The van der Waals surface area contributed by atoms with E-state index in [0.717, 1.165) is 24.2 Å². The van der Waals surface area contributed by atoms with E-state index in [9.17, 15) is 14.9 Å². The summed E-state index contributed by atoms with van der Waals surface area (Å²) in [5.41, 5.74) is 1.74. The Bertz CT molecular complexity index is 1160. The molecule has 0 fully saturated rings. The Hall–Kier alpha value is -4.37. The van der Waals surface area contributed by atoms with Gasteiger partial charge in [-0.05, 0) is 60.0 Å². The Labute approximate surface area is 199 Å². The second-order valence-electron chi connectivity index (χ2n) is 7.42. The number of unbranched alkanes of at least 4 members (excludes halogenated alkanes) is 1. The van der Waals surface area contributed by atoms with Crippen LogP contribution < -0.4 is 9.47 Å². The summed E-state index contributed by atoms with van der Waals surface area (Å²) in [6, 6.07) is 24.3. The summed E-state index contributed by atoms with van der Waals surface area (Å²) in [5.74, 6) is -0.328. The van der Waals surface area contributed by atoms with Crippen LogP contribution in [-0.2, 0) is 16.1 Å². The number of rotatable bonds is 10. The van der Waals surface area contributed by atoms with Gasteiger partial charge in [-0.3, -0.25) is 0 Å². The number of hydrogen-bond donors (Lipinski definition) is 0. The molecular weight excluding hydrogens is 430 g/mol. The maximum atomic E-state index is 12.4. The molecule has 0 spiro atoms. The van der Waals surface area contributed by atoms with Crippen molar-refractivity contribution in [1.29, 1.82) is 5.26 Å². The minimum absolute atomic E-state index is 0.147. The summed E-state index contributed by atoms with van der Waals surface area (Å²) in [6.45, 7) is 2.90. The monoisotopic (exact) mass is 455 g/mol. The first-order chi connectivity index (χ1) is 16.6. The number of ether oxygens (including phenoxy) is 3. The normalized spacial score (nSPS) is 10.8. The Morgan fingerprint density at radius 3 is 2.24 bits per heavy atom. The molecule has 0 N–H and O–H groups in total. The van der Waals surface area contributed by atoms with Gasteiger partial charge in [-0.15, -0.1) is 0 Å². The maximum absolute atomic E-state index is 12.4. The molecule has 0 heterocycles. The first-order valence-corrected chi connectivity index (χ1v) is 11.0. The number of hydrogen-bond acceptors (Lipinski definition) is 6. The topological polar surface area (TPSA) is 85.6 Å². The molecule has 3 aromatic carbocycles. The lowest BCUT2D eigenvalue weighted by atomic mass is 10.1. The molecule has 0 atom stereocenters. The second kappa shape index (κ2) is 12.6. The van der Waals surface area contributed by atoms with Crippen LogP contribution in [0.1, 0.15) is 41.3 Å². The Kier molecular flexibility index (Phi) is 9.00. The molecule has 0 aliphatic heterocycles. The molecule has 6 nitrogen and oxygen atoms in total. The zero-order valence-electron chi connectivity index (χ0n) is 18.9. The minimum atomic E-state index is -0.787. The van der Waals surface area contributed by atoms with Crippen molar-refractivity contribution >= 4 is 18.0 Å². The molecule has 0 saturated heterocycles. The minimum Gasteiger partial charge on any atom is -0.494 e. The lowest BCUT2D eigenvalue weighted by Gasteiger charge is -2.07. The molecular formula is C28H25NO5. The van der Waals surface area contributed by atoms with Crippen molar-refractivity contribution in [2.24, 2.45) is 0 Å². The number of esters is 2. The van der Waals surface area contributed by atoms with Gasteiger partial charge in [-0.25, -0.2) is 9.59 Å². The molecule has 0 unspecified atom stereocenters. The summed E-state index contributed by atoms with van der Waals surface area (Å²) in [6.07, 6.45) is 3.48. The molecule has 0 aromatic heterocycles. The molecule has 172 valence electrons. The van der Waals surface area contributed by atoms with Crippen molar-refractivity contribution < 1.29 is 23.8 Å². The van der Waals surface area contributed by atoms with Crippen molar-refractivity contribution in [3.8, 4) is 17.6 Å². The smallest absolute Gasteiger partial charge is 0.354 e. The molecule has 0 aliphatic rings. The fraction of sp³-hybridized carbons (Fsp3) is 0.179. The Balaban J connectivity index is 1.57. The summed E-state index contributed by atoms with van der Waals surface area (Å²) in [7, 11) is 0. The fourth-order valence-corrected chi connectivity index (χ4v) is 2.93. The first-order valence-electron chi connectivity index (χ1n) is 11.0. The Morgan fingerprint density at radius 2 is 1.59 bits per heavy atom. The van der Waals surface area contributed by atoms with E-state index in [1.54, 1.807) is 24.3 Å². The highest BCUT2D eigenvalue weighted by molar-refractivity contribution is 5.99. The van der Waals surface area contributed by atoms with Crippen LogP contribution in [0.4, 0.5) is 0 Å². The van der Waals surface area contributed by atoms with E-state index in [0.29, 0.717) is 17.7 Å². The standard InChI is InChI=1S/C28H25NO5/c1-2-3-17-32-25-13-9-21(10-14-25)18-24(19-29)28(31)34-26-15-11-23(12-16-26)27(30)33-20-22-7-5-4-6-8-22/h4-16,18H,2-3,17,20H2,1H3/b24-18+. The second-order valence-corrected chi connectivity index (χ2v) is 7.42. The van der Waals surface area contributed by atoms with Gasteiger partial charge in [0.05, 0.1) is 12.2 Å². The van der Waals surface area contributed by atoms with Gasteiger partial charge in [0.15, 0.2) is 0 Å². The van der Waals surface area contributed by atoms with E-state index in [-0.39, 0.29) is 17.9 Å². The van der Waals surface area contributed by atoms with Crippen LogP contribution in [0.25, 0.3) is 6.08 Å². The van der Waals surface area contributed by atoms with Gasteiger partial charge in [0.1, 0.15) is 29.7 Å². The van der Waals surface area contributed by atoms with E-state index >= 15 is 0 Å². The molecule has 0 bridgehead atoms. The zero-order valence-corrected chi connectivity index (χ0v) is 18.9. The van der Waals surface area contributed by atoms with Gasteiger partial charge >= 0.3 is 11.9 Å². The third-order valence-corrected chi connectivity index (χ3v) is 4.81. The molecule has 0 aliphatic carbocycles. The number of carbonyl (C=O) groups excluding carboxylic acids is 2. The van der Waals surface area contributed by atoms with Crippen molar-refractivity contribution in [1.82, 2.24) is 0 Å². The van der Waals surface area contributed by atoms with Crippen molar-refractivity contribution in [2.75, 3.05) is 6.61 Å². The van der Waals surface area contributed by atoms with Crippen molar-refractivity contribution in [3.05, 3.63) is 101 Å². The zero-order chi connectivity index (χ0) is 24.2. The lowest BCUT2D eigenvalue weighted by Crippen LogP contribution is -2.10. The Morgan fingerprint density at radius 1 is 0.912 bits per heavy atom. The van der Waals surface area contributed by atoms with Crippen LogP contribution in [0, 0.1) is 11.3 Å². The predicted molar refractivity (Wildman–Crippen MR) is 128 cm³/mol. The van der Waals surface area contributed by atoms with Crippen LogP contribution in [-0.4, -0.2) is 18.5 Å². The largest absolute Gasteiger partial charge is 0.494 e. The number of nitrogens with zero attached hydrogens (tertiary/aromatic N) is 1. The highest BCUT2D eigenvalue weighted by Gasteiger charge is 2.13. The fourth-order valence-electron chi connectivity index (χ4n) is 2.93. The van der Waals surface area contributed by atoms with Gasteiger partial charge in [0, 0.05) is 0 Å². The lowest BCUT2D eigenvalue weighted by molar-refractivity contribution is -0.129. The van der Waals surface area contributed by atoms with Crippen LogP contribution in [0.2, 0.25) is 0 Å². The molecule has 0 saturated carbocycles. The third kappa shape index (κ3) is 7.35. The van der Waals surface area contributed by atoms with Gasteiger partial charge in [0.25, 0.3) is 0 Å².